The number of ketones is 1. The molecule has 0 amide bonds. The quantitative estimate of drug-likeness (QED) is 0.376. The second kappa shape index (κ2) is 11.5. The van der Waals surface area contributed by atoms with E-state index in [0.29, 0.717) is 32.8 Å². The van der Waals surface area contributed by atoms with E-state index in [0.717, 1.165) is 6.42 Å². The van der Waals surface area contributed by atoms with Gasteiger partial charge in [0.2, 0.25) is 10.0 Å². The zero-order valence-electron chi connectivity index (χ0n) is 21.8. The van der Waals surface area contributed by atoms with Gasteiger partial charge < -0.3 is 19.6 Å². The molecule has 1 N–H and O–H groups in total. The Balaban J connectivity index is 4.77. The summed E-state index contributed by atoms with van der Waals surface area (Å²) in [6.07, 6.45) is 1.25. The van der Waals surface area contributed by atoms with Crippen molar-refractivity contribution in [1.82, 2.24) is 9.62 Å². The second-order valence-electron chi connectivity index (χ2n) is 11.7. The molecule has 0 aliphatic rings. The maximum atomic E-state index is 12.9. The van der Waals surface area contributed by atoms with Crippen LogP contribution in [0.2, 0.25) is 0 Å². The summed E-state index contributed by atoms with van der Waals surface area (Å²) >= 11 is 0. The summed E-state index contributed by atoms with van der Waals surface area (Å²) in [4.78, 5) is 11.4. The fraction of sp³-hybridized carbons (Fsp3) is 0.957. The first-order valence-electron chi connectivity index (χ1n) is 11.1. The van der Waals surface area contributed by atoms with Crippen molar-refractivity contribution in [3.8, 4) is 0 Å². The van der Waals surface area contributed by atoms with Crippen LogP contribution in [-0.4, -0.2) is 75.9 Å². The fourth-order valence-electron chi connectivity index (χ4n) is 3.37. The number of nitrogens with one attached hydrogen (secondary N) is 1. The minimum absolute atomic E-state index is 0.0608. The molecule has 31 heavy (non-hydrogen) atoms. The molecule has 0 atom stereocenters. The molecule has 0 saturated heterocycles. The van der Waals surface area contributed by atoms with Gasteiger partial charge in [0, 0.05) is 37.6 Å². The van der Waals surface area contributed by atoms with E-state index >= 15 is 0 Å². The summed E-state index contributed by atoms with van der Waals surface area (Å²) in [5.74, 6) is 0.0528. The molecule has 0 aromatic rings. The van der Waals surface area contributed by atoms with Gasteiger partial charge in [-0.1, -0.05) is 27.7 Å². The van der Waals surface area contributed by atoms with E-state index < -0.39 is 15.6 Å². The molecule has 0 aliphatic carbocycles. The molecule has 0 bridgehead atoms. The highest BCUT2D eigenvalue weighted by molar-refractivity contribution is 7.89. The number of rotatable bonds is 16. The Morgan fingerprint density at radius 1 is 0.968 bits per heavy atom. The van der Waals surface area contributed by atoms with Gasteiger partial charge in [0.15, 0.2) is 0 Å². The average molecular weight is 465 g/mol. The normalized spacial score (nSPS) is 14.3. The highest BCUT2D eigenvalue weighted by Gasteiger charge is 2.33. The average Bonchev–Trinajstić information content (AvgIpc) is 2.50. The van der Waals surface area contributed by atoms with Gasteiger partial charge in [0.1, 0.15) is 5.78 Å². The Hall–Kier alpha value is -0.540. The molecule has 0 rings (SSSR count). The van der Waals surface area contributed by atoms with Gasteiger partial charge in [-0.3, -0.25) is 0 Å². The largest absolute Gasteiger partial charge is 0.380 e. The lowest BCUT2D eigenvalue weighted by Crippen LogP contribution is -2.45. The molecule has 0 aliphatic heterocycles. The van der Waals surface area contributed by atoms with E-state index in [1.54, 1.807) is 14.0 Å². The smallest absolute Gasteiger partial charge is 0.216 e. The molecule has 0 aromatic heterocycles. The topological polar surface area (TPSA) is 84.9 Å². The predicted molar refractivity (Wildman–Crippen MR) is 128 cm³/mol. The lowest BCUT2D eigenvalue weighted by molar-refractivity contribution is -0.120. The van der Waals surface area contributed by atoms with Crippen LogP contribution in [0, 0.1) is 10.8 Å². The molecular weight excluding hydrogens is 416 g/mol. The number of nitrogens with zero attached hydrogens (tertiary/aromatic N) is 1. The maximum absolute atomic E-state index is 12.9. The van der Waals surface area contributed by atoms with Crippen LogP contribution in [0.25, 0.3) is 0 Å². The van der Waals surface area contributed by atoms with Crippen molar-refractivity contribution in [2.24, 2.45) is 10.8 Å². The number of hydrogen-bond acceptors (Lipinski definition) is 6. The summed E-state index contributed by atoms with van der Waals surface area (Å²) in [7, 11) is 0.0118. The molecule has 186 valence electrons. The molecular formula is C23H48N2O5S. The van der Waals surface area contributed by atoms with E-state index in [1.807, 2.05) is 48.6 Å². The van der Waals surface area contributed by atoms with Crippen molar-refractivity contribution < 1.29 is 22.7 Å². The van der Waals surface area contributed by atoms with Crippen molar-refractivity contribution in [1.29, 1.82) is 0 Å². The van der Waals surface area contributed by atoms with Crippen LogP contribution < -0.4 is 5.32 Å². The van der Waals surface area contributed by atoms with Gasteiger partial charge in [0.25, 0.3) is 0 Å². The zero-order chi connectivity index (χ0) is 24.7. The summed E-state index contributed by atoms with van der Waals surface area (Å²) in [6, 6.07) is 0. The van der Waals surface area contributed by atoms with Crippen LogP contribution >= 0.6 is 0 Å². The maximum Gasteiger partial charge on any atom is 0.216 e. The van der Waals surface area contributed by atoms with Crippen molar-refractivity contribution >= 4 is 15.8 Å². The van der Waals surface area contributed by atoms with Crippen molar-refractivity contribution in [3.63, 3.8) is 0 Å². The molecule has 0 spiro atoms. The van der Waals surface area contributed by atoms with Crippen LogP contribution in [0.15, 0.2) is 0 Å². The Morgan fingerprint density at radius 2 is 1.48 bits per heavy atom. The van der Waals surface area contributed by atoms with Gasteiger partial charge in [0.05, 0.1) is 24.6 Å². The van der Waals surface area contributed by atoms with E-state index in [4.69, 9.17) is 9.47 Å². The lowest BCUT2D eigenvalue weighted by Gasteiger charge is -2.34. The summed E-state index contributed by atoms with van der Waals surface area (Å²) in [6.45, 7) is 19.0. The standard InChI is InChI=1S/C23H48N2O5S/c1-19(26)14-20(2,3)16-29-17-21(4,5)15-25(11)31(27,28)18-23(8,9)30-13-12-22(6,7)24-10/h24H,12-18H2,1-11H3. The Kier molecular flexibility index (Phi) is 11.3. The predicted octanol–water partition coefficient (Wildman–Crippen LogP) is 3.48. The number of carbonyl (C=O) groups is 1. The third-order valence-corrected chi connectivity index (χ3v) is 7.40. The SMILES string of the molecule is CNC(C)(C)CCOC(C)(C)CS(=O)(=O)N(C)CC(C)(C)COCC(C)(C)CC(C)=O. The highest BCUT2D eigenvalue weighted by atomic mass is 32.2. The minimum Gasteiger partial charge on any atom is -0.380 e. The van der Waals surface area contributed by atoms with Crippen LogP contribution in [0.3, 0.4) is 0 Å². The first-order chi connectivity index (χ1) is 13.7. The summed E-state index contributed by atoms with van der Waals surface area (Å²) in [5.41, 5.74) is -1.44. The Bertz CT molecular complexity index is 669. The third kappa shape index (κ3) is 13.6. The number of sulfonamides is 1. The molecule has 0 unspecified atom stereocenters. The molecule has 7 nitrogen and oxygen atoms in total. The van der Waals surface area contributed by atoms with Gasteiger partial charge >= 0.3 is 0 Å². The summed E-state index contributed by atoms with van der Waals surface area (Å²) in [5, 5.41) is 3.22. The highest BCUT2D eigenvalue weighted by Crippen LogP contribution is 2.25. The Labute approximate surface area is 191 Å². The number of ether oxygens (including phenoxy) is 2. The molecule has 8 heteroatoms. The molecule has 0 aromatic carbocycles. The molecule has 0 saturated carbocycles. The lowest BCUT2D eigenvalue weighted by atomic mass is 9.88. The Morgan fingerprint density at radius 3 is 1.97 bits per heavy atom. The van der Waals surface area contributed by atoms with Crippen LogP contribution in [0.4, 0.5) is 0 Å². The second-order valence-corrected chi connectivity index (χ2v) is 13.8. The number of hydrogen-bond donors (Lipinski definition) is 1. The molecule has 0 fully saturated rings. The monoisotopic (exact) mass is 464 g/mol. The summed E-state index contributed by atoms with van der Waals surface area (Å²) < 4.78 is 39.1. The van der Waals surface area contributed by atoms with E-state index in [1.165, 1.54) is 4.31 Å². The van der Waals surface area contributed by atoms with E-state index in [-0.39, 0.29) is 27.9 Å². The minimum atomic E-state index is -3.50. The molecule has 0 heterocycles. The van der Waals surface area contributed by atoms with Crippen molar-refractivity contribution in [2.75, 3.05) is 46.2 Å². The van der Waals surface area contributed by atoms with Crippen LogP contribution in [-0.2, 0) is 24.3 Å². The van der Waals surface area contributed by atoms with Gasteiger partial charge in [-0.15, -0.1) is 0 Å². The zero-order valence-corrected chi connectivity index (χ0v) is 22.7. The fourth-order valence-corrected chi connectivity index (χ4v) is 5.10. The third-order valence-electron chi connectivity index (χ3n) is 5.27. The van der Waals surface area contributed by atoms with Crippen molar-refractivity contribution in [2.45, 2.75) is 86.3 Å². The first kappa shape index (κ1) is 30.5. The van der Waals surface area contributed by atoms with E-state index in [2.05, 4.69) is 19.2 Å². The van der Waals surface area contributed by atoms with Crippen LogP contribution in [0.5, 0.6) is 0 Å². The first-order valence-corrected chi connectivity index (χ1v) is 12.7. The molecule has 0 radical (unpaired) electrons. The van der Waals surface area contributed by atoms with E-state index in [9.17, 15) is 13.2 Å². The van der Waals surface area contributed by atoms with Crippen molar-refractivity contribution in [3.05, 3.63) is 0 Å². The van der Waals surface area contributed by atoms with Gasteiger partial charge in [-0.25, -0.2) is 12.7 Å². The van der Waals surface area contributed by atoms with Crippen LogP contribution in [0.1, 0.15) is 75.2 Å². The van der Waals surface area contributed by atoms with Gasteiger partial charge in [-0.2, -0.15) is 0 Å². The van der Waals surface area contributed by atoms with Gasteiger partial charge in [-0.05, 0) is 53.5 Å². The number of Topliss-reactive ketones (excluding diaryl/α,β-unsaturated/α-hetero) is 1. The number of carbonyl (C=O) groups excluding carboxylic acids is 1.